The number of rotatable bonds is 1. The van der Waals surface area contributed by atoms with Crippen molar-refractivity contribution in [2.24, 2.45) is 0 Å². The molecule has 0 amide bonds. The van der Waals surface area contributed by atoms with Crippen molar-refractivity contribution in [1.82, 2.24) is 4.98 Å². The Morgan fingerprint density at radius 1 is 1.67 bits per heavy atom. The van der Waals surface area contributed by atoms with Gasteiger partial charge in [-0.3, -0.25) is 4.98 Å². The first-order valence-electron chi connectivity index (χ1n) is 4.22. The van der Waals surface area contributed by atoms with Crippen LogP contribution in [-0.4, -0.2) is 18.2 Å². The summed E-state index contributed by atoms with van der Waals surface area (Å²) < 4.78 is 5.37. The Labute approximate surface area is 72.6 Å². The van der Waals surface area contributed by atoms with Gasteiger partial charge < -0.3 is 4.74 Å². The molecule has 0 aliphatic carbocycles. The smallest absolute Gasteiger partial charge is 0.0927 e. The highest BCUT2D eigenvalue weighted by Crippen LogP contribution is 2.31. The van der Waals surface area contributed by atoms with Crippen LogP contribution >= 0.6 is 0 Å². The lowest BCUT2D eigenvalue weighted by atomic mass is 9.83. The third-order valence-corrected chi connectivity index (χ3v) is 2.48. The number of hydrogen-bond acceptors (Lipinski definition) is 2. The summed E-state index contributed by atoms with van der Waals surface area (Å²) in [6.45, 7) is 3.86. The second kappa shape index (κ2) is 2.87. The van der Waals surface area contributed by atoms with E-state index in [1.165, 1.54) is 5.56 Å². The molecule has 2 heteroatoms. The lowest BCUT2D eigenvalue weighted by Gasteiger charge is -2.20. The minimum absolute atomic E-state index is 0.147. The molecular weight excluding hydrogens is 150 g/mol. The molecule has 1 aromatic heterocycles. The molecule has 1 atom stereocenters. The topological polar surface area (TPSA) is 22.1 Å². The Bertz CT molecular complexity index is 252. The Morgan fingerprint density at radius 3 is 3.17 bits per heavy atom. The van der Waals surface area contributed by atoms with Crippen LogP contribution in [0.1, 0.15) is 18.9 Å². The summed E-state index contributed by atoms with van der Waals surface area (Å²) in [5.41, 5.74) is 1.32. The van der Waals surface area contributed by atoms with Gasteiger partial charge in [0.2, 0.25) is 0 Å². The molecule has 12 heavy (non-hydrogen) atoms. The first-order valence-corrected chi connectivity index (χ1v) is 4.22. The molecule has 0 saturated carbocycles. The zero-order chi connectivity index (χ0) is 8.44. The third kappa shape index (κ3) is 1.23. The fourth-order valence-electron chi connectivity index (χ4n) is 1.54. The Hall–Kier alpha value is -0.890. The van der Waals surface area contributed by atoms with Gasteiger partial charge in [0.15, 0.2) is 0 Å². The minimum atomic E-state index is 0.147. The van der Waals surface area contributed by atoms with Gasteiger partial charge in [0, 0.05) is 18.2 Å². The van der Waals surface area contributed by atoms with Gasteiger partial charge in [-0.2, -0.15) is 0 Å². The van der Waals surface area contributed by atoms with Crippen LogP contribution in [0.4, 0.5) is 0 Å². The van der Waals surface area contributed by atoms with Crippen LogP contribution in [-0.2, 0) is 10.2 Å². The molecule has 1 radical (unpaired) electrons. The quantitative estimate of drug-likeness (QED) is 0.625. The van der Waals surface area contributed by atoms with E-state index in [1.807, 2.05) is 6.07 Å². The molecule has 1 aromatic rings. The highest BCUT2D eigenvalue weighted by atomic mass is 16.5. The summed E-state index contributed by atoms with van der Waals surface area (Å²) in [6.07, 6.45) is 5.85. The maximum Gasteiger partial charge on any atom is 0.0927 e. The third-order valence-electron chi connectivity index (χ3n) is 2.48. The summed E-state index contributed by atoms with van der Waals surface area (Å²) in [4.78, 5) is 3.99. The number of aromatic nitrogens is 1. The Kier molecular flexibility index (Phi) is 1.85. The fourth-order valence-corrected chi connectivity index (χ4v) is 1.54. The van der Waals surface area contributed by atoms with E-state index in [0.717, 1.165) is 19.6 Å². The molecule has 1 unspecified atom stereocenters. The number of ether oxygens (including phenoxy) is 1. The van der Waals surface area contributed by atoms with Crippen LogP contribution < -0.4 is 0 Å². The van der Waals surface area contributed by atoms with Crippen molar-refractivity contribution < 1.29 is 4.74 Å². The van der Waals surface area contributed by atoms with E-state index < -0.39 is 0 Å². The average molecular weight is 162 g/mol. The van der Waals surface area contributed by atoms with Crippen molar-refractivity contribution in [1.29, 1.82) is 0 Å². The molecule has 1 aliphatic rings. The molecule has 0 bridgehead atoms. The number of hydrogen-bond donors (Lipinski definition) is 0. The maximum absolute atomic E-state index is 5.37. The van der Waals surface area contributed by atoms with E-state index >= 15 is 0 Å². The van der Waals surface area contributed by atoms with Gasteiger partial charge in [-0.05, 0) is 18.1 Å². The molecule has 1 saturated heterocycles. The van der Waals surface area contributed by atoms with Gasteiger partial charge in [0.1, 0.15) is 0 Å². The first-order chi connectivity index (χ1) is 5.81. The van der Waals surface area contributed by atoms with Gasteiger partial charge in [-0.1, -0.05) is 13.0 Å². The molecule has 2 nitrogen and oxygen atoms in total. The van der Waals surface area contributed by atoms with Crippen molar-refractivity contribution >= 4 is 0 Å². The molecule has 0 N–H and O–H groups in total. The van der Waals surface area contributed by atoms with Gasteiger partial charge in [-0.25, -0.2) is 0 Å². The van der Waals surface area contributed by atoms with Gasteiger partial charge in [0.05, 0.1) is 12.8 Å². The van der Waals surface area contributed by atoms with E-state index in [-0.39, 0.29) is 5.41 Å². The largest absolute Gasteiger partial charge is 0.380 e. The van der Waals surface area contributed by atoms with E-state index in [2.05, 4.69) is 24.2 Å². The summed E-state index contributed by atoms with van der Waals surface area (Å²) in [7, 11) is 0. The van der Waals surface area contributed by atoms with Crippen LogP contribution in [0.5, 0.6) is 0 Å². The summed E-state index contributed by atoms with van der Waals surface area (Å²) in [5.74, 6) is 0. The second-order valence-electron chi connectivity index (χ2n) is 3.53. The van der Waals surface area contributed by atoms with Crippen LogP contribution in [0.2, 0.25) is 0 Å². The molecule has 2 rings (SSSR count). The van der Waals surface area contributed by atoms with E-state index in [0.29, 0.717) is 0 Å². The zero-order valence-electron chi connectivity index (χ0n) is 7.21. The van der Waals surface area contributed by atoms with Gasteiger partial charge in [0.25, 0.3) is 0 Å². The Morgan fingerprint density at radius 2 is 2.58 bits per heavy atom. The highest BCUT2D eigenvalue weighted by molar-refractivity contribution is 5.20. The van der Waals surface area contributed by atoms with Crippen molar-refractivity contribution in [3.05, 3.63) is 30.1 Å². The lowest BCUT2D eigenvalue weighted by molar-refractivity contribution is 0.180. The molecule has 1 fully saturated rings. The SMILES string of the molecule is CC1(c2[c]nccc2)CCOC1. The van der Waals surface area contributed by atoms with E-state index in [9.17, 15) is 0 Å². The minimum Gasteiger partial charge on any atom is -0.380 e. The standard InChI is InChI=1S/C10H12NO/c1-10(4-6-12-8-10)9-3-2-5-11-7-9/h2-3,5H,4,6,8H2,1H3. The predicted molar refractivity (Wildman–Crippen MR) is 45.9 cm³/mol. The van der Waals surface area contributed by atoms with Gasteiger partial charge >= 0.3 is 0 Å². The lowest BCUT2D eigenvalue weighted by Crippen LogP contribution is -2.21. The molecule has 0 spiro atoms. The van der Waals surface area contributed by atoms with Crippen LogP contribution in [0, 0.1) is 6.20 Å². The van der Waals surface area contributed by atoms with E-state index in [1.54, 1.807) is 6.20 Å². The van der Waals surface area contributed by atoms with Crippen LogP contribution in [0.15, 0.2) is 18.3 Å². The summed E-state index contributed by atoms with van der Waals surface area (Å²) in [6, 6.07) is 4.02. The van der Waals surface area contributed by atoms with Crippen molar-refractivity contribution in [3.8, 4) is 0 Å². The van der Waals surface area contributed by atoms with Crippen molar-refractivity contribution in [2.45, 2.75) is 18.8 Å². The van der Waals surface area contributed by atoms with Crippen molar-refractivity contribution in [3.63, 3.8) is 0 Å². The number of nitrogens with zero attached hydrogens (tertiary/aromatic N) is 1. The number of pyridine rings is 1. The predicted octanol–water partition coefficient (Wildman–Crippen LogP) is 1.56. The molecule has 63 valence electrons. The maximum atomic E-state index is 5.37. The van der Waals surface area contributed by atoms with Crippen LogP contribution in [0.3, 0.4) is 0 Å². The second-order valence-corrected chi connectivity index (χ2v) is 3.53. The average Bonchev–Trinajstić information content (AvgIpc) is 2.55. The molecule has 2 heterocycles. The van der Waals surface area contributed by atoms with Crippen LogP contribution in [0.25, 0.3) is 0 Å². The normalized spacial score (nSPS) is 29.1. The van der Waals surface area contributed by atoms with Crippen molar-refractivity contribution in [2.75, 3.05) is 13.2 Å². The van der Waals surface area contributed by atoms with Gasteiger partial charge in [-0.15, -0.1) is 0 Å². The summed E-state index contributed by atoms with van der Waals surface area (Å²) >= 11 is 0. The molecular formula is C10H12NO. The molecule has 1 aliphatic heterocycles. The van der Waals surface area contributed by atoms with E-state index in [4.69, 9.17) is 4.74 Å². The first kappa shape index (κ1) is 7.74. The zero-order valence-corrected chi connectivity index (χ0v) is 7.21. The summed E-state index contributed by atoms with van der Waals surface area (Å²) in [5, 5.41) is 0. The monoisotopic (exact) mass is 162 g/mol. The Balaban J connectivity index is 2.29. The highest BCUT2D eigenvalue weighted by Gasteiger charge is 2.31. The fraction of sp³-hybridized carbons (Fsp3) is 0.500. The molecule has 0 aromatic carbocycles.